The summed E-state index contributed by atoms with van der Waals surface area (Å²) in [6.45, 7) is 0. The Morgan fingerprint density at radius 3 is 2.62 bits per heavy atom. The molecule has 13 heavy (non-hydrogen) atoms. The standard InChI is InChI=1S/C8H3N4S/c9-4-6-3-7(13-5-10)1-2-8(6)12-11/h1-3H/q+1. The molecule has 0 fully saturated rings. The number of benzene rings is 1. The molecule has 0 aliphatic rings. The lowest BCUT2D eigenvalue weighted by atomic mass is 10.2. The minimum absolute atomic E-state index is 0.213. The lowest BCUT2D eigenvalue weighted by Crippen LogP contribution is -1.76. The van der Waals surface area contributed by atoms with Gasteiger partial charge >= 0.3 is 5.69 Å². The van der Waals surface area contributed by atoms with Crippen molar-refractivity contribution in [3.63, 3.8) is 0 Å². The third-order valence-electron chi connectivity index (χ3n) is 1.36. The van der Waals surface area contributed by atoms with Crippen LogP contribution in [0.1, 0.15) is 5.56 Å². The number of thioether (sulfide) groups is 1. The van der Waals surface area contributed by atoms with E-state index in [0.29, 0.717) is 4.90 Å². The molecule has 0 aromatic heterocycles. The van der Waals surface area contributed by atoms with Crippen molar-refractivity contribution in [2.45, 2.75) is 4.90 Å². The first-order valence-corrected chi connectivity index (χ1v) is 4.08. The van der Waals surface area contributed by atoms with Crippen LogP contribution in [0, 0.1) is 27.4 Å². The minimum Gasteiger partial charge on any atom is -0.192 e. The van der Waals surface area contributed by atoms with Crippen molar-refractivity contribution in [3.8, 4) is 11.5 Å². The van der Waals surface area contributed by atoms with Crippen molar-refractivity contribution in [1.82, 2.24) is 0 Å². The summed E-state index contributed by atoms with van der Waals surface area (Å²) in [7, 11) is 0. The van der Waals surface area contributed by atoms with E-state index in [0.717, 1.165) is 11.8 Å². The average Bonchev–Trinajstić information content (AvgIpc) is 2.18. The molecule has 0 radical (unpaired) electrons. The Kier molecular flexibility index (Phi) is 2.87. The van der Waals surface area contributed by atoms with Gasteiger partial charge in [-0.05, 0) is 23.9 Å². The van der Waals surface area contributed by atoms with Crippen LogP contribution in [-0.2, 0) is 0 Å². The molecule has 5 heteroatoms. The molecule has 0 N–H and O–H groups in total. The highest BCUT2D eigenvalue weighted by Gasteiger charge is 2.13. The fourth-order valence-electron chi connectivity index (χ4n) is 0.808. The summed E-state index contributed by atoms with van der Waals surface area (Å²) in [6, 6.07) is 6.47. The van der Waals surface area contributed by atoms with Crippen LogP contribution in [0.5, 0.6) is 0 Å². The van der Waals surface area contributed by atoms with Crippen LogP contribution in [0.25, 0.3) is 4.98 Å². The third kappa shape index (κ3) is 1.96. The Morgan fingerprint density at radius 2 is 2.08 bits per heavy atom. The van der Waals surface area contributed by atoms with Gasteiger partial charge in [0.15, 0.2) is 4.98 Å². The zero-order valence-corrected chi connectivity index (χ0v) is 7.25. The van der Waals surface area contributed by atoms with E-state index in [1.165, 1.54) is 12.1 Å². The van der Waals surface area contributed by atoms with Gasteiger partial charge in [-0.25, -0.2) is 0 Å². The second kappa shape index (κ2) is 4.11. The molecule has 1 rings (SSSR count). The van der Waals surface area contributed by atoms with Gasteiger partial charge in [0.25, 0.3) is 0 Å². The number of rotatable bonds is 1. The van der Waals surface area contributed by atoms with Crippen LogP contribution < -0.4 is 0 Å². The van der Waals surface area contributed by atoms with E-state index in [1.807, 2.05) is 11.5 Å². The van der Waals surface area contributed by atoms with Crippen LogP contribution in [0.3, 0.4) is 0 Å². The summed E-state index contributed by atoms with van der Waals surface area (Å²) in [5, 5.41) is 27.4. The van der Waals surface area contributed by atoms with E-state index >= 15 is 0 Å². The molecule has 0 spiro atoms. The molecule has 60 valence electrons. The van der Waals surface area contributed by atoms with Crippen molar-refractivity contribution in [2.24, 2.45) is 0 Å². The maximum atomic E-state index is 8.63. The van der Waals surface area contributed by atoms with Crippen LogP contribution in [0.4, 0.5) is 5.69 Å². The summed E-state index contributed by atoms with van der Waals surface area (Å²) in [4.78, 5) is 3.59. The summed E-state index contributed by atoms with van der Waals surface area (Å²) < 4.78 is 0. The van der Waals surface area contributed by atoms with Gasteiger partial charge in [-0.1, -0.05) is 0 Å². The van der Waals surface area contributed by atoms with Crippen molar-refractivity contribution in [1.29, 1.82) is 15.9 Å². The zero-order chi connectivity index (χ0) is 9.68. The second-order valence-electron chi connectivity index (χ2n) is 2.08. The molecule has 0 saturated carbocycles. The van der Waals surface area contributed by atoms with Crippen molar-refractivity contribution >= 4 is 17.4 Å². The zero-order valence-electron chi connectivity index (χ0n) is 6.43. The number of nitriles is 2. The fourth-order valence-corrected chi connectivity index (χ4v) is 1.23. The molecule has 0 atom stereocenters. The van der Waals surface area contributed by atoms with Gasteiger partial charge in [-0.15, -0.1) is 0 Å². The highest BCUT2D eigenvalue weighted by molar-refractivity contribution is 8.03. The van der Waals surface area contributed by atoms with Gasteiger partial charge in [0.1, 0.15) is 17.0 Å². The summed E-state index contributed by atoms with van der Waals surface area (Å²) >= 11 is 0.955. The number of hydrogen-bond donors (Lipinski definition) is 0. The Bertz CT molecular complexity index is 447. The Labute approximate surface area is 79.0 Å². The summed E-state index contributed by atoms with van der Waals surface area (Å²) in [6.07, 6.45) is 0. The second-order valence-corrected chi connectivity index (χ2v) is 2.94. The quantitative estimate of drug-likeness (QED) is 0.384. The highest BCUT2D eigenvalue weighted by atomic mass is 32.2. The van der Waals surface area contributed by atoms with Gasteiger partial charge in [0, 0.05) is 11.0 Å². The SMILES string of the molecule is N#CSc1ccc([N+]#N)c(C#N)c1. The largest absolute Gasteiger partial charge is 0.402 e. The van der Waals surface area contributed by atoms with E-state index in [1.54, 1.807) is 6.07 Å². The summed E-state index contributed by atoms with van der Waals surface area (Å²) in [5.41, 5.74) is 0.465. The normalized spacial score (nSPS) is 8.08. The first kappa shape index (κ1) is 9.06. The Hall–Kier alpha value is -2.03. The molecule has 0 unspecified atom stereocenters. The Morgan fingerprint density at radius 1 is 1.31 bits per heavy atom. The van der Waals surface area contributed by atoms with E-state index in [4.69, 9.17) is 15.9 Å². The molecule has 0 aliphatic carbocycles. The monoisotopic (exact) mass is 187 g/mol. The van der Waals surface area contributed by atoms with Gasteiger partial charge in [0.05, 0.1) is 0 Å². The predicted molar refractivity (Wildman–Crippen MR) is 47.4 cm³/mol. The van der Waals surface area contributed by atoms with Gasteiger partial charge in [-0.3, -0.25) is 0 Å². The lowest BCUT2D eigenvalue weighted by molar-refractivity contribution is 1.39. The molecule has 1 aromatic carbocycles. The van der Waals surface area contributed by atoms with E-state index in [-0.39, 0.29) is 11.3 Å². The van der Waals surface area contributed by atoms with Crippen molar-refractivity contribution in [3.05, 3.63) is 28.7 Å². The highest BCUT2D eigenvalue weighted by Crippen LogP contribution is 2.25. The number of hydrogen-bond acceptors (Lipinski definition) is 4. The molecular formula is C8H3N4S+. The molecule has 0 bridgehead atoms. The predicted octanol–water partition coefficient (Wildman–Crippen LogP) is 2.62. The molecule has 0 amide bonds. The molecule has 0 saturated heterocycles. The van der Waals surface area contributed by atoms with Crippen LogP contribution in [0.2, 0.25) is 0 Å². The first-order valence-electron chi connectivity index (χ1n) is 3.27. The van der Waals surface area contributed by atoms with Crippen molar-refractivity contribution in [2.75, 3.05) is 0 Å². The first-order chi connectivity index (χ1) is 6.31. The van der Waals surface area contributed by atoms with E-state index < -0.39 is 0 Å². The molecule has 1 aromatic rings. The van der Waals surface area contributed by atoms with Gasteiger partial charge in [-0.2, -0.15) is 10.5 Å². The van der Waals surface area contributed by atoms with Crippen LogP contribution in [-0.4, -0.2) is 0 Å². The van der Waals surface area contributed by atoms with Gasteiger partial charge in [0.2, 0.25) is 5.39 Å². The lowest BCUT2D eigenvalue weighted by Gasteiger charge is -1.89. The minimum atomic E-state index is 0.213. The topological polar surface area (TPSA) is 75.7 Å². The maximum absolute atomic E-state index is 8.63. The molecular weight excluding hydrogens is 184 g/mol. The molecule has 0 heterocycles. The molecule has 0 aliphatic heterocycles. The fraction of sp³-hybridized carbons (Fsp3) is 0. The maximum Gasteiger partial charge on any atom is 0.402 e. The van der Waals surface area contributed by atoms with Gasteiger partial charge < -0.3 is 0 Å². The van der Waals surface area contributed by atoms with E-state index in [9.17, 15) is 0 Å². The van der Waals surface area contributed by atoms with Crippen LogP contribution in [0.15, 0.2) is 23.1 Å². The average molecular weight is 187 g/mol. The van der Waals surface area contributed by atoms with E-state index in [2.05, 4.69) is 4.98 Å². The molecule has 4 nitrogen and oxygen atoms in total. The number of diazo groups is 1. The third-order valence-corrected chi connectivity index (χ3v) is 1.94. The van der Waals surface area contributed by atoms with Crippen LogP contribution >= 0.6 is 11.8 Å². The number of thiocyanates is 1. The summed E-state index contributed by atoms with van der Waals surface area (Å²) in [5.74, 6) is 0. The number of nitrogens with zero attached hydrogens (tertiary/aromatic N) is 4. The Balaban J connectivity index is 3.19. The smallest absolute Gasteiger partial charge is 0.192 e. The van der Waals surface area contributed by atoms with Crippen molar-refractivity contribution < 1.29 is 0 Å².